The van der Waals surface area contributed by atoms with Crippen molar-refractivity contribution in [3.8, 4) is 5.75 Å². The van der Waals surface area contributed by atoms with Gasteiger partial charge in [0.2, 0.25) is 5.91 Å². The molecule has 0 radical (unpaired) electrons. The Morgan fingerprint density at radius 3 is 2.79 bits per heavy atom. The lowest BCUT2D eigenvalue weighted by Crippen LogP contribution is -2.44. The molecule has 0 saturated carbocycles. The first-order valence-electron chi connectivity index (χ1n) is 8.68. The first kappa shape index (κ1) is 18.3. The van der Waals surface area contributed by atoms with E-state index in [4.69, 9.17) is 9.84 Å². The molecular weight excluding hydrogens is 306 g/mol. The Morgan fingerprint density at radius 2 is 2.04 bits per heavy atom. The zero-order chi connectivity index (χ0) is 17.5. The summed E-state index contributed by atoms with van der Waals surface area (Å²) < 4.78 is 5.77. The molecule has 0 spiro atoms. The third-order valence-corrected chi connectivity index (χ3v) is 4.56. The maximum Gasteiger partial charge on any atom is 0.303 e. The second-order valence-corrected chi connectivity index (χ2v) is 6.54. The number of carbonyl (C=O) groups is 2. The number of carboxylic acid groups (broad SMARTS) is 1. The summed E-state index contributed by atoms with van der Waals surface area (Å²) in [6, 6.07) is 6.09. The third-order valence-electron chi connectivity index (χ3n) is 4.56. The number of hydrogen-bond donors (Lipinski definition) is 1. The van der Waals surface area contributed by atoms with Crippen LogP contribution in [0.1, 0.15) is 49.7 Å². The van der Waals surface area contributed by atoms with E-state index in [1.165, 1.54) is 0 Å². The largest absolute Gasteiger partial charge is 0.493 e. The summed E-state index contributed by atoms with van der Waals surface area (Å²) in [5.41, 5.74) is 2.19. The highest BCUT2D eigenvalue weighted by atomic mass is 16.5. The van der Waals surface area contributed by atoms with Gasteiger partial charge in [0.05, 0.1) is 13.0 Å². The van der Waals surface area contributed by atoms with Gasteiger partial charge in [0, 0.05) is 19.0 Å². The molecule has 0 aliphatic carbocycles. The van der Waals surface area contributed by atoms with Crippen LogP contribution in [-0.4, -0.2) is 41.1 Å². The van der Waals surface area contributed by atoms with Gasteiger partial charge in [-0.15, -0.1) is 0 Å². The van der Waals surface area contributed by atoms with Gasteiger partial charge in [0.15, 0.2) is 0 Å². The second-order valence-electron chi connectivity index (χ2n) is 6.54. The third kappa shape index (κ3) is 5.25. The highest BCUT2D eigenvalue weighted by molar-refractivity contribution is 5.77. The number of hydrogen-bond acceptors (Lipinski definition) is 3. The molecule has 1 unspecified atom stereocenters. The van der Waals surface area contributed by atoms with Crippen molar-refractivity contribution in [2.45, 2.75) is 58.4 Å². The minimum Gasteiger partial charge on any atom is -0.493 e. The van der Waals surface area contributed by atoms with E-state index < -0.39 is 5.97 Å². The molecule has 1 saturated heterocycles. The molecule has 1 aromatic carbocycles. The normalized spacial score (nSPS) is 17.6. The first-order valence-corrected chi connectivity index (χ1v) is 8.68. The SMILES string of the molecule is Cc1ccc(C)c(OCCC(=O)N2CCCCC2CCC(=O)O)c1. The molecule has 1 fully saturated rings. The number of likely N-dealkylation sites (tertiary alicyclic amines) is 1. The van der Waals surface area contributed by atoms with E-state index in [9.17, 15) is 9.59 Å². The van der Waals surface area contributed by atoms with Gasteiger partial charge in [-0.1, -0.05) is 12.1 Å². The van der Waals surface area contributed by atoms with Crippen molar-refractivity contribution in [2.24, 2.45) is 0 Å². The van der Waals surface area contributed by atoms with E-state index in [0.29, 0.717) is 19.4 Å². The summed E-state index contributed by atoms with van der Waals surface area (Å²) in [6.45, 7) is 5.08. The van der Waals surface area contributed by atoms with Gasteiger partial charge in [-0.25, -0.2) is 0 Å². The van der Waals surface area contributed by atoms with Gasteiger partial charge in [0.1, 0.15) is 5.75 Å². The molecular formula is C19H27NO4. The lowest BCUT2D eigenvalue weighted by atomic mass is 9.97. The van der Waals surface area contributed by atoms with E-state index in [1.807, 2.05) is 36.9 Å². The molecule has 5 nitrogen and oxygen atoms in total. The summed E-state index contributed by atoms with van der Waals surface area (Å²) in [6.07, 6.45) is 3.94. The highest BCUT2D eigenvalue weighted by Crippen LogP contribution is 2.23. The summed E-state index contributed by atoms with van der Waals surface area (Å²) in [7, 11) is 0. The van der Waals surface area contributed by atoms with Crippen molar-refractivity contribution < 1.29 is 19.4 Å². The number of amides is 1. The summed E-state index contributed by atoms with van der Waals surface area (Å²) in [5.74, 6) is 0.0884. The van der Waals surface area contributed by atoms with Gasteiger partial charge in [-0.3, -0.25) is 9.59 Å². The summed E-state index contributed by atoms with van der Waals surface area (Å²) in [5, 5.41) is 8.86. The molecule has 1 aliphatic heterocycles. The van der Waals surface area contributed by atoms with Crippen molar-refractivity contribution in [3.05, 3.63) is 29.3 Å². The van der Waals surface area contributed by atoms with Gasteiger partial charge >= 0.3 is 5.97 Å². The van der Waals surface area contributed by atoms with Crippen LogP contribution in [0.5, 0.6) is 5.75 Å². The van der Waals surface area contributed by atoms with Crippen molar-refractivity contribution in [3.63, 3.8) is 0 Å². The number of nitrogens with zero attached hydrogens (tertiary/aromatic N) is 1. The Balaban J connectivity index is 1.85. The van der Waals surface area contributed by atoms with Crippen molar-refractivity contribution >= 4 is 11.9 Å². The van der Waals surface area contributed by atoms with Crippen LogP contribution in [0.4, 0.5) is 0 Å². The fraction of sp³-hybridized carbons (Fsp3) is 0.579. The second kappa shape index (κ2) is 8.71. The van der Waals surface area contributed by atoms with Crippen molar-refractivity contribution in [1.29, 1.82) is 0 Å². The lowest BCUT2D eigenvalue weighted by molar-refractivity contribution is -0.140. The van der Waals surface area contributed by atoms with Gasteiger partial charge < -0.3 is 14.7 Å². The number of aliphatic carboxylic acids is 1. The minimum absolute atomic E-state index is 0.0584. The molecule has 1 aromatic rings. The smallest absolute Gasteiger partial charge is 0.303 e. The Labute approximate surface area is 143 Å². The Bertz CT molecular complexity index is 585. The number of carboxylic acids is 1. The molecule has 0 bridgehead atoms. The fourth-order valence-corrected chi connectivity index (χ4v) is 3.17. The molecule has 5 heteroatoms. The zero-order valence-electron chi connectivity index (χ0n) is 14.6. The highest BCUT2D eigenvalue weighted by Gasteiger charge is 2.26. The average Bonchev–Trinajstić information content (AvgIpc) is 2.56. The molecule has 1 heterocycles. The fourth-order valence-electron chi connectivity index (χ4n) is 3.17. The molecule has 1 N–H and O–H groups in total. The molecule has 1 atom stereocenters. The van der Waals surface area contributed by atoms with E-state index in [-0.39, 0.29) is 18.4 Å². The molecule has 24 heavy (non-hydrogen) atoms. The summed E-state index contributed by atoms with van der Waals surface area (Å²) >= 11 is 0. The van der Waals surface area contributed by atoms with Crippen LogP contribution >= 0.6 is 0 Å². The Kier molecular flexibility index (Phi) is 6.64. The van der Waals surface area contributed by atoms with Crippen LogP contribution in [0.15, 0.2) is 18.2 Å². The molecule has 132 valence electrons. The molecule has 1 aliphatic rings. The Hall–Kier alpha value is -2.04. The maximum atomic E-state index is 12.5. The number of piperidine rings is 1. The van der Waals surface area contributed by atoms with E-state index in [1.54, 1.807) is 0 Å². The van der Waals surface area contributed by atoms with Gasteiger partial charge in [-0.05, 0) is 56.7 Å². The predicted octanol–water partition coefficient (Wildman–Crippen LogP) is 3.32. The predicted molar refractivity (Wildman–Crippen MR) is 92.2 cm³/mol. The van der Waals surface area contributed by atoms with Crippen molar-refractivity contribution in [2.75, 3.05) is 13.2 Å². The van der Waals surface area contributed by atoms with E-state index >= 15 is 0 Å². The van der Waals surface area contributed by atoms with Crippen LogP contribution < -0.4 is 4.74 Å². The first-order chi connectivity index (χ1) is 11.5. The van der Waals surface area contributed by atoms with Crippen LogP contribution in [0.2, 0.25) is 0 Å². The average molecular weight is 333 g/mol. The molecule has 0 aromatic heterocycles. The molecule has 2 rings (SSSR count). The number of benzene rings is 1. The van der Waals surface area contributed by atoms with Gasteiger partial charge in [0.25, 0.3) is 0 Å². The number of ether oxygens (including phenoxy) is 1. The number of carbonyl (C=O) groups excluding carboxylic acids is 1. The van der Waals surface area contributed by atoms with Crippen LogP contribution in [0.3, 0.4) is 0 Å². The van der Waals surface area contributed by atoms with Crippen LogP contribution in [0, 0.1) is 13.8 Å². The van der Waals surface area contributed by atoms with Gasteiger partial charge in [-0.2, -0.15) is 0 Å². The number of aryl methyl sites for hydroxylation is 2. The van der Waals surface area contributed by atoms with Crippen LogP contribution in [0.25, 0.3) is 0 Å². The zero-order valence-corrected chi connectivity index (χ0v) is 14.6. The van der Waals surface area contributed by atoms with E-state index in [0.717, 1.165) is 42.7 Å². The standard InChI is InChI=1S/C19H27NO4/c1-14-6-7-15(2)17(13-14)24-12-10-18(21)20-11-4-3-5-16(20)8-9-19(22)23/h6-7,13,16H,3-5,8-12H2,1-2H3,(H,22,23). The topological polar surface area (TPSA) is 66.8 Å². The maximum absolute atomic E-state index is 12.5. The lowest BCUT2D eigenvalue weighted by Gasteiger charge is -2.35. The summed E-state index contributed by atoms with van der Waals surface area (Å²) in [4.78, 5) is 25.1. The van der Waals surface area contributed by atoms with E-state index in [2.05, 4.69) is 0 Å². The Morgan fingerprint density at radius 1 is 1.25 bits per heavy atom. The minimum atomic E-state index is -0.800. The quantitative estimate of drug-likeness (QED) is 0.831. The monoisotopic (exact) mass is 333 g/mol. The molecule has 1 amide bonds. The number of rotatable bonds is 7. The van der Waals surface area contributed by atoms with Crippen molar-refractivity contribution in [1.82, 2.24) is 4.90 Å². The van der Waals surface area contributed by atoms with Crippen LogP contribution in [-0.2, 0) is 9.59 Å².